The average Bonchev–Trinajstić information content (AvgIpc) is 2.76. The van der Waals surface area contributed by atoms with E-state index in [9.17, 15) is 22.8 Å². The zero-order valence-corrected chi connectivity index (χ0v) is 16.3. The second-order valence-corrected chi connectivity index (χ2v) is 6.72. The van der Waals surface area contributed by atoms with Crippen LogP contribution in [0, 0.1) is 0 Å². The fraction of sp³-hybridized carbons (Fsp3) is 0.333. The molecule has 1 aliphatic rings. The van der Waals surface area contributed by atoms with Crippen molar-refractivity contribution in [3.63, 3.8) is 0 Å². The van der Waals surface area contributed by atoms with E-state index in [4.69, 9.17) is 9.47 Å². The molecular weight excluding hydrogens is 401 g/mol. The number of amides is 2. The summed E-state index contributed by atoms with van der Waals surface area (Å²) in [5.41, 5.74) is -0.334. The average molecular weight is 422 g/mol. The molecule has 0 radical (unpaired) electrons. The number of halogens is 3. The largest absolute Gasteiger partial charge is 0.497 e. The molecule has 1 aliphatic heterocycles. The van der Waals surface area contributed by atoms with Crippen molar-refractivity contribution in [3.05, 3.63) is 59.7 Å². The Kier molecular flexibility index (Phi) is 6.49. The minimum atomic E-state index is -4.48. The van der Waals surface area contributed by atoms with Crippen LogP contribution in [-0.2, 0) is 11.0 Å². The Morgan fingerprint density at radius 2 is 1.57 bits per heavy atom. The second kappa shape index (κ2) is 9.06. The molecule has 6 nitrogen and oxygen atoms in total. The molecule has 1 fully saturated rings. The van der Waals surface area contributed by atoms with Gasteiger partial charge in [-0.3, -0.25) is 9.59 Å². The van der Waals surface area contributed by atoms with Crippen LogP contribution in [0.3, 0.4) is 0 Å². The van der Waals surface area contributed by atoms with Crippen LogP contribution in [0.25, 0.3) is 0 Å². The lowest BCUT2D eigenvalue weighted by molar-refractivity contribution is -0.137. The molecule has 9 heteroatoms. The van der Waals surface area contributed by atoms with Crippen LogP contribution in [-0.4, -0.2) is 61.5 Å². The summed E-state index contributed by atoms with van der Waals surface area (Å²) in [4.78, 5) is 28.1. The number of carbonyl (C=O) groups excluding carboxylic acids is 2. The highest BCUT2D eigenvalue weighted by Crippen LogP contribution is 2.31. The number of hydrogen-bond donors (Lipinski definition) is 0. The molecule has 160 valence electrons. The predicted molar refractivity (Wildman–Crippen MR) is 102 cm³/mol. The molecule has 2 aromatic rings. The van der Waals surface area contributed by atoms with Crippen molar-refractivity contribution in [2.24, 2.45) is 0 Å². The first kappa shape index (κ1) is 21.5. The highest BCUT2D eigenvalue weighted by Gasteiger charge is 2.31. The standard InChI is InChI=1S/C21H21F3N2O4/c1-29-17-6-2-4-15(12-17)20(28)26-10-8-25(9-11-26)19(27)14-30-18-7-3-5-16(13-18)21(22,23)24/h2-7,12-13H,8-11,14H2,1H3. The number of methoxy groups -OCH3 is 1. The fourth-order valence-corrected chi connectivity index (χ4v) is 3.10. The van der Waals surface area contributed by atoms with Gasteiger partial charge in [0.05, 0.1) is 12.7 Å². The Bertz CT molecular complexity index is 909. The number of rotatable bonds is 5. The number of piperazine rings is 1. The summed E-state index contributed by atoms with van der Waals surface area (Å²) in [7, 11) is 1.52. The smallest absolute Gasteiger partial charge is 0.416 e. The molecule has 0 aromatic heterocycles. The van der Waals surface area contributed by atoms with Gasteiger partial charge in [-0.1, -0.05) is 12.1 Å². The van der Waals surface area contributed by atoms with Crippen LogP contribution in [0.15, 0.2) is 48.5 Å². The number of alkyl halides is 3. The molecule has 0 bridgehead atoms. The van der Waals surface area contributed by atoms with Crippen LogP contribution in [0.4, 0.5) is 13.2 Å². The number of ether oxygens (including phenoxy) is 2. The van der Waals surface area contributed by atoms with Crippen molar-refractivity contribution < 1.29 is 32.2 Å². The van der Waals surface area contributed by atoms with Gasteiger partial charge in [0.2, 0.25) is 0 Å². The summed E-state index contributed by atoms with van der Waals surface area (Å²) in [5.74, 6) is 0.0634. The van der Waals surface area contributed by atoms with Gasteiger partial charge in [-0.2, -0.15) is 13.2 Å². The summed E-state index contributed by atoms with van der Waals surface area (Å²) < 4.78 is 48.6. The highest BCUT2D eigenvalue weighted by molar-refractivity contribution is 5.94. The molecule has 2 amide bonds. The third-order valence-corrected chi connectivity index (χ3v) is 4.76. The lowest BCUT2D eigenvalue weighted by Gasteiger charge is -2.34. The number of nitrogens with zero attached hydrogens (tertiary/aromatic N) is 2. The fourth-order valence-electron chi connectivity index (χ4n) is 3.10. The Morgan fingerprint density at radius 3 is 2.23 bits per heavy atom. The molecule has 0 N–H and O–H groups in total. The third-order valence-electron chi connectivity index (χ3n) is 4.76. The predicted octanol–water partition coefficient (Wildman–Crippen LogP) is 3.08. The summed E-state index contributed by atoms with van der Waals surface area (Å²) >= 11 is 0. The molecule has 1 heterocycles. The molecule has 3 rings (SSSR count). The van der Waals surface area contributed by atoms with Gasteiger partial charge in [-0.05, 0) is 36.4 Å². The molecule has 0 spiro atoms. The third kappa shape index (κ3) is 5.22. The van der Waals surface area contributed by atoms with Crippen molar-refractivity contribution in [3.8, 4) is 11.5 Å². The van der Waals surface area contributed by atoms with E-state index in [2.05, 4.69) is 0 Å². The molecule has 0 atom stereocenters. The monoisotopic (exact) mass is 422 g/mol. The molecule has 1 saturated heterocycles. The summed E-state index contributed by atoms with van der Waals surface area (Å²) in [6.07, 6.45) is -4.48. The second-order valence-electron chi connectivity index (χ2n) is 6.72. The SMILES string of the molecule is COc1cccc(C(=O)N2CCN(C(=O)COc3cccc(C(F)(F)F)c3)CC2)c1. The van der Waals surface area contributed by atoms with Crippen LogP contribution >= 0.6 is 0 Å². The summed E-state index contributed by atoms with van der Waals surface area (Å²) in [5, 5.41) is 0. The lowest BCUT2D eigenvalue weighted by Crippen LogP contribution is -2.51. The molecule has 0 aliphatic carbocycles. The number of carbonyl (C=O) groups is 2. The van der Waals surface area contributed by atoms with Gasteiger partial charge in [-0.15, -0.1) is 0 Å². The highest BCUT2D eigenvalue weighted by atomic mass is 19.4. The van der Waals surface area contributed by atoms with Crippen molar-refractivity contribution in [2.75, 3.05) is 39.9 Å². The minimum Gasteiger partial charge on any atom is -0.497 e. The zero-order chi connectivity index (χ0) is 21.7. The van der Waals surface area contributed by atoms with E-state index in [0.717, 1.165) is 12.1 Å². The number of benzene rings is 2. The van der Waals surface area contributed by atoms with E-state index in [1.807, 2.05) is 0 Å². The molecule has 2 aromatic carbocycles. The topological polar surface area (TPSA) is 59.1 Å². The maximum Gasteiger partial charge on any atom is 0.416 e. The van der Waals surface area contributed by atoms with Crippen molar-refractivity contribution in [1.29, 1.82) is 0 Å². The van der Waals surface area contributed by atoms with E-state index in [1.165, 1.54) is 24.1 Å². The lowest BCUT2D eigenvalue weighted by atomic mass is 10.1. The van der Waals surface area contributed by atoms with E-state index in [1.54, 1.807) is 29.2 Å². The van der Waals surface area contributed by atoms with Gasteiger partial charge in [0.15, 0.2) is 6.61 Å². The zero-order valence-electron chi connectivity index (χ0n) is 16.3. The summed E-state index contributed by atoms with van der Waals surface area (Å²) in [6, 6.07) is 11.2. The van der Waals surface area contributed by atoms with Crippen LogP contribution in [0.2, 0.25) is 0 Å². The van der Waals surface area contributed by atoms with Crippen molar-refractivity contribution >= 4 is 11.8 Å². The van der Waals surface area contributed by atoms with Gasteiger partial charge >= 0.3 is 6.18 Å². The first-order valence-corrected chi connectivity index (χ1v) is 9.29. The normalized spacial score (nSPS) is 14.4. The van der Waals surface area contributed by atoms with Gasteiger partial charge in [0.25, 0.3) is 11.8 Å². The number of hydrogen-bond acceptors (Lipinski definition) is 4. The van der Waals surface area contributed by atoms with Crippen LogP contribution in [0.1, 0.15) is 15.9 Å². The quantitative estimate of drug-likeness (QED) is 0.743. The van der Waals surface area contributed by atoms with Gasteiger partial charge in [0, 0.05) is 31.7 Å². The van der Waals surface area contributed by atoms with E-state index >= 15 is 0 Å². The van der Waals surface area contributed by atoms with Crippen molar-refractivity contribution in [1.82, 2.24) is 9.80 Å². The summed E-state index contributed by atoms with van der Waals surface area (Å²) in [6.45, 7) is 0.975. The minimum absolute atomic E-state index is 0.0231. The maximum atomic E-state index is 12.8. The van der Waals surface area contributed by atoms with Crippen LogP contribution in [0.5, 0.6) is 11.5 Å². The first-order valence-electron chi connectivity index (χ1n) is 9.29. The van der Waals surface area contributed by atoms with E-state index < -0.39 is 11.7 Å². The van der Waals surface area contributed by atoms with Gasteiger partial charge < -0.3 is 19.3 Å². The van der Waals surface area contributed by atoms with Crippen LogP contribution < -0.4 is 9.47 Å². The Morgan fingerprint density at radius 1 is 0.933 bits per heavy atom. The van der Waals surface area contributed by atoms with Gasteiger partial charge in [0.1, 0.15) is 11.5 Å². The maximum absolute atomic E-state index is 12.8. The molecule has 0 saturated carbocycles. The van der Waals surface area contributed by atoms with Crippen molar-refractivity contribution in [2.45, 2.75) is 6.18 Å². The Balaban J connectivity index is 1.51. The first-order chi connectivity index (χ1) is 14.3. The molecule has 30 heavy (non-hydrogen) atoms. The van der Waals surface area contributed by atoms with E-state index in [-0.39, 0.29) is 24.2 Å². The Labute approximate surface area is 171 Å². The Hall–Kier alpha value is -3.23. The molecule has 0 unspecified atom stereocenters. The van der Waals surface area contributed by atoms with E-state index in [0.29, 0.717) is 37.5 Å². The molecular formula is C21H21F3N2O4. The van der Waals surface area contributed by atoms with Gasteiger partial charge in [-0.25, -0.2) is 0 Å².